The monoisotopic (exact) mass is 758 g/mol. The molecule has 0 radical (unpaired) electrons. The molecular weight excluding hydrogens is 693 g/mol. The molecule has 10 heteroatoms. The number of allylic oxidation sites excluding steroid dienone is 2. The van der Waals surface area contributed by atoms with Crippen molar-refractivity contribution in [3.63, 3.8) is 0 Å². The predicted molar refractivity (Wildman–Crippen MR) is 217 cm³/mol. The second kappa shape index (κ2) is 12.0. The molecule has 53 heavy (non-hydrogen) atoms. The lowest BCUT2D eigenvalue weighted by molar-refractivity contribution is -0.234. The van der Waals surface area contributed by atoms with Crippen LogP contribution in [-0.2, 0) is 19.9 Å². The van der Waals surface area contributed by atoms with Crippen molar-refractivity contribution in [2.45, 2.75) is 167 Å². The number of fused-ring (bicyclic) bond motifs is 1. The molecule has 6 aliphatic rings. The minimum atomic E-state index is -2.33. The molecule has 0 N–H and O–H groups in total. The van der Waals surface area contributed by atoms with Crippen LogP contribution in [0, 0.1) is 45.8 Å². The normalized spacial score (nSPS) is 37.0. The molecule has 8 rings (SSSR count). The first kappa shape index (κ1) is 38.8. The molecule has 10 atom stereocenters. The minimum Gasteiger partial charge on any atom is -0.414 e. The van der Waals surface area contributed by atoms with Crippen LogP contribution in [0.25, 0.3) is 5.69 Å². The summed E-state index contributed by atoms with van der Waals surface area (Å²) in [6.45, 7) is 30.3. The van der Waals surface area contributed by atoms with Crippen LogP contribution in [0.15, 0.2) is 52.1 Å². The molecule has 4 aliphatic carbocycles. The third-order valence-electron chi connectivity index (χ3n) is 16.8. The van der Waals surface area contributed by atoms with E-state index in [2.05, 4.69) is 107 Å². The molecule has 1 aromatic heterocycles. The fourth-order valence-electron chi connectivity index (χ4n) is 12.1. The molecule has 2 aliphatic heterocycles. The van der Waals surface area contributed by atoms with E-state index in [-0.39, 0.29) is 56.8 Å². The number of nitrogens with zero attached hydrogens (tertiary/aromatic N) is 4. The van der Waals surface area contributed by atoms with Crippen LogP contribution in [0.5, 0.6) is 0 Å². The average Bonchev–Trinajstić information content (AvgIpc) is 3.55. The molecule has 2 bridgehead atoms. The second-order valence-corrected chi connectivity index (χ2v) is 30.8. The van der Waals surface area contributed by atoms with E-state index in [0.29, 0.717) is 24.4 Å². The van der Waals surface area contributed by atoms with E-state index in [4.69, 9.17) is 8.85 Å². The van der Waals surface area contributed by atoms with E-state index in [0.717, 1.165) is 32.1 Å². The van der Waals surface area contributed by atoms with E-state index < -0.39 is 33.1 Å². The Morgan fingerprint density at radius 2 is 1.47 bits per heavy atom. The summed E-state index contributed by atoms with van der Waals surface area (Å²) in [6, 6.07) is 12.0. The van der Waals surface area contributed by atoms with Crippen LogP contribution in [0.4, 0.5) is 0 Å². The third-order valence-corrected chi connectivity index (χ3v) is 25.8. The number of nitriles is 1. The van der Waals surface area contributed by atoms with E-state index in [9.17, 15) is 5.26 Å². The number of rotatable bonds is 7. The van der Waals surface area contributed by atoms with E-state index in [1.165, 1.54) is 4.57 Å². The zero-order valence-corrected chi connectivity index (χ0v) is 36.9. The van der Waals surface area contributed by atoms with Gasteiger partial charge in [0.15, 0.2) is 16.6 Å². The molecule has 0 unspecified atom stereocenters. The van der Waals surface area contributed by atoms with Crippen molar-refractivity contribution in [1.29, 1.82) is 5.26 Å². The summed E-state index contributed by atoms with van der Waals surface area (Å²) >= 11 is 0. The zero-order valence-electron chi connectivity index (χ0n) is 34.9. The summed E-state index contributed by atoms with van der Waals surface area (Å²) in [5.41, 5.74) is -2.01. The van der Waals surface area contributed by atoms with Gasteiger partial charge in [-0.25, -0.2) is 23.5 Å². The summed E-state index contributed by atoms with van der Waals surface area (Å²) in [4.78, 5) is 30.7. The lowest BCUT2D eigenvalue weighted by atomic mass is 9.40. The van der Waals surface area contributed by atoms with Gasteiger partial charge in [-0.1, -0.05) is 92.7 Å². The van der Waals surface area contributed by atoms with Gasteiger partial charge in [-0.05, 0) is 110 Å². The van der Waals surface area contributed by atoms with Gasteiger partial charge in [-0.2, -0.15) is 5.26 Å². The predicted octanol–water partition coefficient (Wildman–Crippen LogP) is 9.35. The molecule has 2 aromatic rings. The highest BCUT2D eigenvalue weighted by Crippen LogP contribution is 2.74. The topological polar surface area (TPSA) is 91.2 Å². The summed E-state index contributed by atoms with van der Waals surface area (Å²) in [5.74, 6) is 0.850. The first-order chi connectivity index (χ1) is 24.4. The first-order valence-corrected chi connectivity index (χ1v) is 26.2. The highest BCUT2D eigenvalue weighted by Gasteiger charge is 2.77. The van der Waals surface area contributed by atoms with Crippen molar-refractivity contribution in [2.75, 3.05) is 0 Å². The molecule has 290 valence electrons. The molecule has 0 saturated heterocycles. The Bertz CT molecular complexity index is 1960. The Morgan fingerprint density at radius 3 is 2.08 bits per heavy atom. The van der Waals surface area contributed by atoms with Crippen LogP contribution in [-0.4, -0.2) is 42.8 Å². The van der Waals surface area contributed by atoms with Crippen molar-refractivity contribution in [3.05, 3.63) is 63.5 Å². The standard InChI is InChI=1S/C43H66N4O4Si2/c1-29(22-26-44)32-19-20-33-40(32,8)23-21-34-41(9)35(51-53(12,13)39(5,6)7)27-31(50-52(10,11)38(2,3)4)28-42(41)24-25-43(33,34)47-37(49)45(36(48)46(42)47)30-17-15-14-16-18-30/h14-18,24-25,29,31-35H,19-23,27-28H2,1-13H3/t29-,31+,32-,33-,34-,35+,40-,41+,42-,43+/m1/s1. The molecular formula is C43H66N4O4Si2. The molecule has 3 saturated carbocycles. The van der Waals surface area contributed by atoms with Crippen LogP contribution >= 0.6 is 0 Å². The van der Waals surface area contributed by atoms with Gasteiger partial charge in [0.05, 0.1) is 35.0 Å². The van der Waals surface area contributed by atoms with Crippen molar-refractivity contribution in [3.8, 4) is 11.8 Å². The Labute approximate surface area is 320 Å². The van der Waals surface area contributed by atoms with Gasteiger partial charge in [0, 0.05) is 18.3 Å². The van der Waals surface area contributed by atoms with Gasteiger partial charge < -0.3 is 8.85 Å². The third kappa shape index (κ3) is 5.08. The summed E-state index contributed by atoms with van der Waals surface area (Å²) < 4.78 is 20.5. The fraction of sp³-hybridized carbons (Fsp3) is 0.744. The molecule has 1 aromatic carbocycles. The Morgan fingerprint density at radius 1 is 0.868 bits per heavy atom. The molecule has 2 spiro atoms. The highest BCUT2D eigenvalue weighted by atomic mass is 28.4. The fourth-order valence-corrected chi connectivity index (χ4v) is 14.8. The molecule has 0 amide bonds. The van der Waals surface area contributed by atoms with Crippen LogP contribution < -0.4 is 11.4 Å². The maximum atomic E-state index is 15.4. The Balaban J connectivity index is 1.53. The van der Waals surface area contributed by atoms with E-state index in [1.54, 1.807) is 0 Å². The van der Waals surface area contributed by atoms with Gasteiger partial charge in [0.2, 0.25) is 0 Å². The lowest BCUT2D eigenvalue weighted by Crippen LogP contribution is -2.80. The van der Waals surface area contributed by atoms with Crippen LogP contribution in [0.2, 0.25) is 36.3 Å². The number of benzene rings is 1. The maximum Gasteiger partial charge on any atom is 0.352 e. The number of aromatic nitrogens is 3. The minimum absolute atomic E-state index is 0.0103. The summed E-state index contributed by atoms with van der Waals surface area (Å²) in [6.07, 6.45) is 10.4. The van der Waals surface area contributed by atoms with Gasteiger partial charge in [-0.15, -0.1) is 0 Å². The number of hydrogen-bond donors (Lipinski definition) is 0. The molecule has 3 fully saturated rings. The average molecular weight is 759 g/mol. The quantitative estimate of drug-likeness (QED) is 0.207. The SMILES string of the molecule is C[C@H](CC#N)[C@H]1CC[C@@H]2[C@]1(C)CC[C@H]1[C@]23C=C[C@]2(C[C@@H](O[Si](C)(C)C(C)(C)C)C[C@H](O[Si](C)(C)C(C)(C)C)[C@]12C)n1c(=O)n(-c2ccccc2)c(=O)n13. The van der Waals surface area contributed by atoms with Crippen LogP contribution in [0.3, 0.4) is 0 Å². The Kier molecular flexibility index (Phi) is 8.80. The molecule has 8 nitrogen and oxygen atoms in total. The Hall–Kier alpha value is -2.46. The van der Waals surface area contributed by atoms with Gasteiger partial charge >= 0.3 is 11.4 Å². The summed E-state index contributed by atoms with van der Waals surface area (Å²) in [7, 11) is -4.57. The number of para-hydroxylation sites is 1. The van der Waals surface area contributed by atoms with Gasteiger partial charge in [0.1, 0.15) is 0 Å². The van der Waals surface area contributed by atoms with Crippen molar-refractivity contribution in [2.24, 2.45) is 34.5 Å². The lowest BCUT2D eigenvalue weighted by Gasteiger charge is -2.73. The van der Waals surface area contributed by atoms with Crippen molar-refractivity contribution < 1.29 is 8.85 Å². The highest BCUT2D eigenvalue weighted by molar-refractivity contribution is 6.74. The van der Waals surface area contributed by atoms with Crippen molar-refractivity contribution in [1.82, 2.24) is 13.9 Å². The van der Waals surface area contributed by atoms with E-state index >= 15 is 9.59 Å². The summed E-state index contributed by atoms with van der Waals surface area (Å²) in [5, 5.41) is 9.79. The smallest absolute Gasteiger partial charge is 0.352 e. The maximum absolute atomic E-state index is 15.4. The zero-order chi connectivity index (χ0) is 38.9. The second-order valence-electron chi connectivity index (χ2n) is 21.3. The largest absolute Gasteiger partial charge is 0.414 e. The van der Waals surface area contributed by atoms with Gasteiger partial charge in [0.25, 0.3) is 0 Å². The van der Waals surface area contributed by atoms with Gasteiger partial charge in [-0.3, -0.25) is 0 Å². The molecule has 3 heterocycles. The first-order valence-electron chi connectivity index (χ1n) is 20.4. The van der Waals surface area contributed by atoms with E-state index in [1.807, 2.05) is 39.7 Å². The van der Waals surface area contributed by atoms with Crippen LogP contribution in [0.1, 0.15) is 107 Å². The van der Waals surface area contributed by atoms with Crippen molar-refractivity contribution >= 4 is 16.6 Å². The number of hydrogen-bond acceptors (Lipinski definition) is 5.